The highest BCUT2D eigenvalue weighted by atomic mass is 32.1. The minimum absolute atomic E-state index is 0.191. The lowest BCUT2D eigenvalue weighted by atomic mass is 10.2. The quantitative estimate of drug-likeness (QED) is 0.538. The summed E-state index contributed by atoms with van der Waals surface area (Å²) in [6.07, 6.45) is 1.27. The van der Waals surface area contributed by atoms with Gasteiger partial charge in [0.25, 0.3) is 0 Å². The van der Waals surface area contributed by atoms with Gasteiger partial charge in [-0.1, -0.05) is 11.3 Å². The number of thiazole rings is 1. The van der Waals surface area contributed by atoms with E-state index in [0.29, 0.717) is 4.88 Å². The summed E-state index contributed by atoms with van der Waals surface area (Å²) >= 11 is 0.965. The van der Waals surface area contributed by atoms with Crippen molar-refractivity contribution < 1.29 is 26.7 Å². The molecule has 2 N–H and O–H groups in total. The summed E-state index contributed by atoms with van der Waals surface area (Å²) in [7, 11) is 0. The maximum Gasteiger partial charge on any atom is 0.207 e. The van der Waals surface area contributed by atoms with E-state index in [-0.39, 0.29) is 5.13 Å². The van der Waals surface area contributed by atoms with Gasteiger partial charge in [-0.05, 0) is 0 Å². The lowest BCUT2D eigenvalue weighted by Gasteiger charge is -2.09. The Bertz CT molecular complexity index is 602. The molecular formula is C10H5F5N2OS. The van der Waals surface area contributed by atoms with Gasteiger partial charge in [0.2, 0.25) is 29.1 Å². The van der Waals surface area contributed by atoms with Crippen molar-refractivity contribution in [2.24, 2.45) is 0 Å². The van der Waals surface area contributed by atoms with Gasteiger partial charge in [-0.2, -0.15) is 8.78 Å². The van der Waals surface area contributed by atoms with E-state index in [1.165, 1.54) is 6.20 Å². The van der Waals surface area contributed by atoms with Crippen LogP contribution in [0.5, 0.6) is 5.75 Å². The van der Waals surface area contributed by atoms with Crippen LogP contribution < -0.4 is 10.5 Å². The molecule has 0 saturated heterocycles. The van der Waals surface area contributed by atoms with Gasteiger partial charge in [0.05, 0.1) is 4.88 Å². The molecule has 2 aromatic rings. The Labute approximate surface area is 107 Å². The third-order valence-corrected chi connectivity index (χ3v) is 2.90. The van der Waals surface area contributed by atoms with Crippen molar-refractivity contribution in [2.75, 3.05) is 5.73 Å². The van der Waals surface area contributed by atoms with Crippen molar-refractivity contribution in [3.05, 3.63) is 40.2 Å². The van der Waals surface area contributed by atoms with Gasteiger partial charge in [-0.25, -0.2) is 18.2 Å². The fraction of sp³-hybridized carbons (Fsp3) is 0.100. The Morgan fingerprint density at radius 3 is 2.00 bits per heavy atom. The number of rotatable bonds is 3. The predicted molar refractivity (Wildman–Crippen MR) is 57.1 cm³/mol. The van der Waals surface area contributed by atoms with Gasteiger partial charge in [0.1, 0.15) is 6.61 Å². The normalized spacial score (nSPS) is 10.8. The number of nitrogen functional groups attached to an aromatic ring is 1. The van der Waals surface area contributed by atoms with Crippen molar-refractivity contribution in [3.63, 3.8) is 0 Å². The van der Waals surface area contributed by atoms with Gasteiger partial charge in [-0.15, -0.1) is 0 Å². The Hall–Kier alpha value is -1.90. The molecule has 0 unspecified atom stereocenters. The summed E-state index contributed by atoms with van der Waals surface area (Å²) < 4.78 is 69.5. The number of halogens is 5. The van der Waals surface area contributed by atoms with E-state index in [4.69, 9.17) is 5.73 Å². The summed E-state index contributed by atoms with van der Waals surface area (Å²) in [4.78, 5) is 4.02. The molecule has 19 heavy (non-hydrogen) atoms. The van der Waals surface area contributed by atoms with Crippen LogP contribution in [0, 0.1) is 29.1 Å². The monoisotopic (exact) mass is 296 g/mol. The summed E-state index contributed by atoms with van der Waals surface area (Å²) in [5.41, 5.74) is 5.31. The highest BCUT2D eigenvalue weighted by Gasteiger charge is 2.27. The second-order valence-corrected chi connectivity index (χ2v) is 4.50. The fourth-order valence-electron chi connectivity index (χ4n) is 1.24. The first-order valence-electron chi connectivity index (χ1n) is 4.76. The first-order valence-corrected chi connectivity index (χ1v) is 5.58. The van der Waals surface area contributed by atoms with Gasteiger partial charge >= 0.3 is 0 Å². The molecule has 1 heterocycles. The van der Waals surface area contributed by atoms with Crippen LogP contribution in [0.4, 0.5) is 27.1 Å². The average molecular weight is 296 g/mol. The average Bonchev–Trinajstić information content (AvgIpc) is 2.80. The molecule has 9 heteroatoms. The van der Waals surface area contributed by atoms with Gasteiger partial charge in [0, 0.05) is 6.20 Å². The number of anilines is 1. The van der Waals surface area contributed by atoms with E-state index in [9.17, 15) is 22.0 Å². The van der Waals surface area contributed by atoms with Gasteiger partial charge in [0.15, 0.2) is 10.9 Å². The molecule has 0 amide bonds. The number of ether oxygens (including phenoxy) is 1. The molecule has 0 spiro atoms. The minimum atomic E-state index is -2.23. The van der Waals surface area contributed by atoms with Crippen LogP contribution in [0.3, 0.4) is 0 Å². The lowest BCUT2D eigenvalue weighted by molar-refractivity contribution is 0.255. The molecule has 1 aromatic carbocycles. The number of benzene rings is 1. The second kappa shape index (κ2) is 5.00. The molecule has 0 fully saturated rings. The molecule has 1 aromatic heterocycles. The van der Waals surface area contributed by atoms with Crippen molar-refractivity contribution in [3.8, 4) is 5.75 Å². The summed E-state index contributed by atoms with van der Waals surface area (Å²) in [6.45, 7) is -0.410. The number of nitrogens with zero attached hydrogens (tertiary/aromatic N) is 1. The van der Waals surface area contributed by atoms with Crippen LogP contribution in [0.2, 0.25) is 0 Å². The lowest BCUT2D eigenvalue weighted by Crippen LogP contribution is -2.06. The van der Waals surface area contributed by atoms with Crippen LogP contribution in [-0.4, -0.2) is 4.98 Å². The zero-order valence-electron chi connectivity index (χ0n) is 9.02. The van der Waals surface area contributed by atoms with Gasteiger partial charge in [-0.3, -0.25) is 0 Å². The molecule has 0 aliphatic heterocycles. The first-order chi connectivity index (χ1) is 8.91. The van der Waals surface area contributed by atoms with Crippen molar-refractivity contribution in [1.82, 2.24) is 4.98 Å². The highest BCUT2D eigenvalue weighted by molar-refractivity contribution is 7.15. The summed E-state index contributed by atoms with van der Waals surface area (Å²) in [5, 5.41) is 0.191. The molecule has 0 aliphatic carbocycles. The number of nitrogens with two attached hydrogens (primary N) is 1. The Morgan fingerprint density at radius 2 is 1.53 bits per heavy atom. The summed E-state index contributed by atoms with van der Waals surface area (Å²) in [5.74, 6) is -11.7. The largest absolute Gasteiger partial charge is 0.482 e. The van der Waals surface area contributed by atoms with Crippen LogP contribution in [-0.2, 0) is 6.61 Å². The number of aromatic nitrogens is 1. The zero-order valence-corrected chi connectivity index (χ0v) is 9.83. The molecule has 2 rings (SSSR count). The third-order valence-electron chi connectivity index (χ3n) is 2.10. The second-order valence-electron chi connectivity index (χ2n) is 3.35. The fourth-order valence-corrected chi connectivity index (χ4v) is 1.84. The van der Waals surface area contributed by atoms with Crippen LogP contribution in [0.1, 0.15) is 4.88 Å². The molecule has 102 valence electrons. The van der Waals surface area contributed by atoms with E-state index in [1.807, 2.05) is 0 Å². The predicted octanol–water partition coefficient (Wildman–Crippen LogP) is 3.00. The van der Waals surface area contributed by atoms with Crippen LogP contribution in [0.25, 0.3) is 0 Å². The van der Waals surface area contributed by atoms with E-state index >= 15 is 0 Å². The highest BCUT2D eigenvalue weighted by Crippen LogP contribution is 2.30. The van der Waals surface area contributed by atoms with Crippen molar-refractivity contribution in [1.29, 1.82) is 0 Å². The maximum absolute atomic E-state index is 13.2. The van der Waals surface area contributed by atoms with Crippen molar-refractivity contribution in [2.45, 2.75) is 6.61 Å². The Morgan fingerprint density at radius 1 is 1.00 bits per heavy atom. The Balaban J connectivity index is 2.30. The molecule has 0 atom stereocenters. The Kier molecular flexibility index (Phi) is 3.56. The first kappa shape index (κ1) is 13.5. The zero-order chi connectivity index (χ0) is 14.2. The molecular weight excluding hydrogens is 291 g/mol. The minimum Gasteiger partial charge on any atom is -0.482 e. The topological polar surface area (TPSA) is 48.1 Å². The molecule has 0 radical (unpaired) electrons. The SMILES string of the molecule is Nc1ncc(COc2c(F)c(F)c(F)c(F)c2F)s1. The van der Waals surface area contributed by atoms with E-state index in [1.54, 1.807) is 0 Å². The summed E-state index contributed by atoms with van der Waals surface area (Å²) in [6, 6.07) is 0. The van der Waals surface area contributed by atoms with E-state index in [0.717, 1.165) is 11.3 Å². The standard InChI is InChI=1S/C10H5F5N2OS/c11-4-5(12)7(14)9(8(15)6(4)13)18-2-3-1-17-10(16)19-3/h1H,2H2,(H2,16,17). The van der Waals surface area contributed by atoms with E-state index < -0.39 is 41.4 Å². The molecule has 0 aliphatic rings. The molecule has 0 bridgehead atoms. The van der Waals surface area contributed by atoms with Crippen LogP contribution in [0.15, 0.2) is 6.20 Å². The number of hydrogen-bond donors (Lipinski definition) is 1. The smallest absolute Gasteiger partial charge is 0.207 e. The molecule has 3 nitrogen and oxygen atoms in total. The molecule has 0 saturated carbocycles. The van der Waals surface area contributed by atoms with Gasteiger partial charge < -0.3 is 10.5 Å². The third kappa shape index (κ3) is 2.46. The maximum atomic E-state index is 13.2. The number of hydrogen-bond acceptors (Lipinski definition) is 4. The van der Waals surface area contributed by atoms with E-state index in [2.05, 4.69) is 9.72 Å². The van der Waals surface area contributed by atoms with Crippen molar-refractivity contribution >= 4 is 16.5 Å². The van der Waals surface area contributed by atoms with Crippen LogP contribution >= 0.6 is 11.3 Å².